The number of ether oxygens (including phenoxy) is 2. The van der Waals surface area contributed by atoms with Crippen molar-refractivity contribution in [2.24, 2.45) is 0 Å². The number of aryl methyl sites for hydroxylation is 1. The summed E-state index contributed by atoms with van der Waals surface area (Å²) in [5, 5.41) is 5.21. The standard InChI is InChI=1S/C19H20N2O5/c1-12-4-6-14(7-5-12)19(24)26-11-18(23)21-16-10-15(20-13(2)22)8-9-17(16)25-3/h4-10H,11H2,1-3H3,(H,20,22)(H,21,23). The van der Waals surface area contributed by atoms with Gasteiger partial charge < -0.3 is 20.1 Å². The molecule has 0 radical (unpaired) electrons. The smallest absolute Gasteiger partial charge is 0.338 e. The van der Waals surface area contributed by atoms with E-state index in [1.165, 1.54) is 14.0 Å². The van der Waals surface area contributed by atoms with Gasteiger partial charge in [0, 0.05) is 12.6 Å². The first kappa shape index (κ1) is 19.0. The maximum Gasteiger partial charge on any atom is 0.338 e. The highest BCUT2D eigenvalue weighted by Crippen LogP contribution is 2.27. The van der Waals surface area contributed by atoms with Crippen molar-refractivity contribution in [3.63, 3.8) is 0 Å². The van der Waals surface area contributed by atoms with E-state index in [4.69, 9.17) is 9.47 Å². The van der Waals surface area contributed by atoms with Crippen LogP contribution in [0.3, 0.4) is 0 Å². The van der Waals surface area contributed by atoms with Gasteiger partial charge in [0.05, 0.1) is 18.4 Å². The number of esters is 1. The van der Waals surface area contributed by atoms with Gasteiger partial charge in [0.2, 0.25) is 5.91 Å². The molecule has 0 aliphatic heterocycles. The third kappa shape index (κ3) is 5.34. The largest absolute Gasteiger partial charge is 0.495 e. The first-order chi connectivity index (χ1) is 12.4. The average Bonchev–Trinajstić information content (AvgIpc) is 2.60. The fraction of sp³-hybridized carbons (Fsp3) is 0.211. The van der Waals surface area contributed by atoms with Gasteiger partial charge in [-0.2, -0.15) is 0 Å². The molecule has 2 aromatic rings. The Labute approximate surface area is 151 Å². The molecule has 0 aliphatic carbocycles. The molecule has 0 aliphatic rings. The van der Waals surface area contributed by atoms with E-state index in [1.54, 1.807) is 42.5 Å². The van der Waals surface area contributed by atoms with Crippen LogP contribution in [0.5, 0.6) is 5.75 Å². The minimum atomic E-state index is -0.584. The highest BCUT2D eigenvalue weighted by atomic mass is 16.5. The second-order valence-electron chi connectivity index (χ2n) is 5.59. The van der Waals surface area contributed by atoms with Crippen molar-refractivity contribution in [3.05, 3.63) is 53.6 Å². The van der Waals surface area contributed by atoms with Gasteiger partial charge >= 0.3 is 5.97 Å². The minimum Gasteiger partial charge on any atom is -0.495 e. The highest BCUT2D eigenvalue weighted by Gasteiger charge is 2.13. The summed E-state index contributed by atoms with van der Waals surface area (Å²) in [7, 11) is 1.46. The van der Waals surface area contributed by atoms with E-state index in [2.05, 4.69) is 10.6 Å². The van der Waals surface area contributed by atoms with Gasteiger partial charge in [0.1, 0.15) is 5.75 Å². The van der Waals surface area contributed by atoms with Crippen molar-refractivity contribution in [1.29, 1.82) is 0 Å². The summed E-state index contributed by atoms with van der Waals surface area (Å²) >= 11 is 0. The summed E-state index contributed by atoms with van der Waals surface area (Å²) in [5.41, 5.74) is 2.25. The van der Waals surface area contributed by atoms with Crippen LogP contribution in [0, 0.1) is 6.92 Å². The van der Waals surface area contributed by atoms with Crippen LogP contribution in [0.15, 0.2) is 42.5 Å². The summed E-state index contributed by atoms with van der Waals surface area (Å²) in [6.07, 6.45) is 0. The molecule has 0 saturated carbocycles. The van der Waals surface area contributed by atoms with Gasteiger partial charge in [0.15, 0.2) is 6.61 Å². The van der Waals surface area contributed by atoms with Crippen LogP contribution in [0.25, 0.3) is 0 Å². The topological polar surface area (TPSA) is 93.7 Å². The molecule has 0 spiro atoms. The molecule has 2 N–H and O–H groups in total. The van der Waals surface area contributed by atoms with E-state index in [9.17, 15) is 14.4 Å². The first-order valence-corrected chi connectivity index (χ1v) is 7.88. The Balaban J connectivity index is 1.99. The zero-order valence-corrected chi connectivity index (χ0v) is 14.8. The Hall–Kier alpha value is -3.35. The molecule has 26 heavy (non-hydrogen) atoms. The number of nitrogens with one attached hydrogen (secondary N) is 2. The molecule has 2 rings (SSSR count). The Morgan fingerprint density at radius 3 is 2.31 bits per heavy atom. The van der Waals surface area contributed by atoms with Crippen molar-refractivity contribution in [3.8, 4) is 5.75 Å². The molecular weight excluding hydrogens is 336 g/mol. The van der Waals surface area contributed by atoms with E-state index in [-0.39, 0.29) is 5.91 Å². The molecule has 0 atom stereocenters. The molecule has 0 heterocycles. The second kappa shape index (κ2) is 8.66. The number of hydrogen-bond acceptors (Lipinski definition) is 5. The molecular formula is C19H20N2O5. The molecule has 2 aromatic carbocycles. The van der Waals surface area contributed by atoms with E-state index in [0.29, 0.717) is 22.7 Å². The summed E-state index contributed by atoms with van der Waals surface area (Å²) in [6.45, 7) is 2.85. The number of carbonyl (C=O) groups excluding carboxylic acids is 3. The Kier molecular flexibility index (Phi) is 6.32. The van der Waals surface area contributed by atoms with Gasteiger partial charge in [-0.15, -0.1) is 0 Å². The minimum absolute atomic E-state index is 0.237. The lowest BCUT2D eigenvalue weighted by Crippen LogP contribution is -2.21. The van der Waals surface area contributed by atoms with Crippen molar-refractivity contribution < 1.29 is 23.9 Å². The quantitative estimate of drug-likeness (QED) is 0.776. The number of carbonyl (C=O) groups is 3. The molecule has 0 fully saturated rings. The molecule has 0 bridgehead atoms. The van der Waals surface area contributed by atoms with Crippen LogP contribution in [0.1, 0.15) is 22.8 Å². The third-order valence-electron chi connectivity index (χ3n) is 3.42. The fourth-order valence-electron chi connectivity index (χ4n) is 2.18. The lowest BCUT2D eigenvalue weighted by atomic mass is 10.1. The maximum atomic E-state index is 12.1. The van der Waals surface area contributed by atoms with Gasteiger partial charge in [-0.05, 0) is 37.3 Å². The molecule has 0 saturated heterocycles. The van der Waals surface area contributed by atoms with Crippen molar-refractivity contribution in [2.45, 2.75) is 13.8 Å². The predicted octanol–water partition coefficient (Wildman–Crippen LogP) is 2.76. The normalized spacial score (nSPS) is 9.96. The Bertz CT molecular complexity index is 815. The zero-order chi connectivity index (χ0) is 19.1. The van der Waals surface area contributed by atoms with Crippen LogP contribution in [-0.4, -0.2) is 31.5 Å². The van der Waals surface area contributed by atoms with E-state index >= 15 is 0 Å². The average molecular weight is 356 g/mol. The van der Waals surface area contributed by atoms with Gasteiger partial charge in [-0.1, -0.05) is 17.7 Å². The molecule has 136 valence electrons. The number of methoxy groups -OCH3 is 1. The van der Waals surface area contributed by atoms with Crippen LogP contribution < -0.4 is 15.4 Å². The van der Waals surface area contributed by atoms with Crippen LogP contribution in [0.2, 0.25) is 0 Å². The number of anilines is 2. The summed E-state index contributed by atoms with van der Waals surface area (Å²) in [4.78, 5) is 35.2. The summed E-state index contributed by atoms with van der Waals surface area (Å²) < 4.78 is 10.2. The van der Waals surface area contributed by atoms with Gasteiger partial charge in [-0.3, -0.25) is 9.59 Å². The molecule has 2 amide bonds. The molecule has 7 nitrogen and oxygen atoms in total. The Morgan fingerprint density at radius 2 is 1.69 bits per heavy atom. The number of rotatable bonds is 6. The van der Waals surface area contributed by atoms with Crippen LogP contribution >= 0.6 is 0 Å². The lowest BCUT2D eigenvalue weighted by molar-refractivity contribution is -0.119. The predicted molar refractivity (Wildman–Crippen MR) is 97.4 cm³/mol. The number of hydrogen-bond donors (Lipinski definition) is 2. The number of amides is 2. The van der Waals surface area contributed by atoms with Crippen molar-refractivity contribution in [1.82, 2.24) is 0 Å². The fourth-order valence-corrected chi connectivity index (χ4v) is 2.18. The lowest BCUT2D eigenvalue weighted by Gasteiger charge is -2.12. The zero-order valence-electron chi connectivity index (χ0n) is 14.8. The second-order valence-corrected chi connectivity index (χ2v) is 5.59. The number of benzene rings is 2. The SMILES string of the molecule is COc1ccc(NC(C)=O)cc1NC(=O)COC(=O)c1ccc(C)cc1. The Morgan fingerprint density at radius 1 is 1.00 bits per heavy atom. The van der Waals surface area contributed by atoms with Crippen LogP contribution in [0.4, 0.5) is 11.4 Å². The van der Waals surface area contributed by atoms with E-state index < -0.39 is 18.5 Å². The van der Waals surface area contributed by atoms with Gasteiger partial charge in [-0.25, -0.2) is 4.79 Å². The maximum absolute atomic E-state index is 12.1. The molecule has 0 unspecified atom stereocenters. The summed E-state index contributed by atoms with van der Waals surface area (Å²) in [6, 6.07) is 11.7. The van der Waals surface area contributed by atoms with Gasteiger partial charge in [0.25, 0.3) is 5.91 Å². The monoisotopic (exact) mass is 356 g/mol. The van der Waals surface area contributed by atoms with Crippen LogP contribution in [-0.2, 0) is 14.3 Å². The first-order valence-electron chi connectivity index (χ1n) is 7.88. The molecule has 7 heteroatoms. The van der Waals surface area contributed by atoms with E-state index in [1.807, 2.05) is 6.92 Å². The molecule has 0 aromatic heterocycles. The van der Waals surface area contributed by atoms with Crippen molar-refractivity contribution >= 4 is 29.2 Å². The van der Waals surface area contributed by atoms with Crippen molar-refractivity contribution in [2.75, 3.05) is 24.4 Å². The third-order valence-corrected chi connectivity index (χ3v) is 3.42. The van der Waals surface area contributed by atoms with E-state index in [0.717, 1.165) is 5.56 Å². The summed E-state index contributed by atoms with van der Waals surface area (Å²) in [5.74, 6) is -0.931. The highest BCUT2D eigenvalue weighted by molar-refractivity contribution is 5.97.